The van der Waals surface area contributed by atoms with Crippen molar-refractivity contribution in [1.29, 1.82) is 0 Å². The molecule has 2 aromatic heterocycles. The second kappa shape index (κ2) is 10.3. The van der Waals surface area contributed by atoms with Crippen molar-refractivity contribution in [2.75, 3.05) is 0 Å². The molecular formula is C42H26N2O. The number of benzene rings is 7. The lowest BCUT2D eigenvalue weighted by Gasteiger charge is -2.11. The van der Waals surface area contributed by atoms with E-state index in [1.807, 2.05) is 48.5 Å². The highest BCUT2D eigenvalue weighted by Gasteiger charge is 2.17. The van der Waals surface area contributed by atoms with Crippen molar-refractivity contribution < 1.29 is 4.42 Å². The lowest BCUT2D eigenvalue weighted by atomic mass is 9.93. The van der Waals surface area contributed by atoms with Crippen LogP contribution in [0.15, 0.2) is 162 Å². The topological polar surface area (TPSA) is 38.9 Å². The van der Waals surface area contributed by atoms with Crippen LogP contribution in [-0.2, 0) is 0 Å². The van der Waals surface area contributed by atoms with E-state index in [1.54, 1.807) is 0 Å². The first-order valence-electron chi connectivity index (χ1n) is 15.2. The summed E-state index contributed by atoms with van der Waals surface area (Å²) in [6, 6.07) is 54.9. The van der Waals surface area contributed by atoms with Crippen LogP contribution in [0.25, 0.3) is 88.5 Å². The molecule has 45 heavy (non-hydrogen) atoms. The van der Waals surface area contributed by atoms with Crippen LogP contribution in [-0.4, -0.2) is 9.97 Å². The minimum atomic E-state index is 0.695. The van der Waals surface area contributed by atoms with Crippen molar-refractivity contribution in [2.24, 2.45) is 0 Å². The number of nitrogens with zero attached hydrogens (tertiary/aromatic N) is 2. The molecule has 9 aromatic rings. The minimum absolute atomic E-state index is 0.695. The zero-order valence-corrected chi connectivity index (χ0v) is 24.3. The number of rotatable bonds is 4. The van der Waals surface area contributed by atoms with Crippen molar-refractivity contribution in [2.45, 2.75) is 0 Å². The van der Waals surface area contributed by atoms with Gasteiger partial charge in [0, 0.05) is 27.5 Å². The molecule has 7 aromatic carbocycles. The fraction of sp³-hybridized carbons (Fsp3) is 0. The van der Waals surface area contributed by atoms with Gasteiger partial charge in [0.25, 0.3) is 0 Å². The first-order valence-corrected chi connectivity index (χ1v) is 15.2. The average Bonchev–Trinajstić information content (AvgIpc) is 3.50. The van der Waals surface area contributed by atoms with Gasteiger partial charge in [-0.15, -0.1) is 0 Å². The van der Waals surface area contributed by atoms with Crippen LogP contribution in [0.5, 0.6) is 0 Å². The Morgan fingerprint density at radius 1 is 0.378 bits per heavy atom. The average molecular weight is 575 g/mol. The van der Waals surface area contributed by atoms with Gasteiger partial charge in [-0.05, 0) is 56.9 Å². The molecule has 0 aliphatic carbocycles. The van der Waals surface area contributed by atoms with Crippen LogP contribution in [0.1, 0.15) is 0 Å². The maximum Gasteiger partial charge on any atom is 0.160 e. The maximum absolute atomic E-state index is 6.44. The second-order valence-corrected chi connectivity index (χ2v) is 11.4. The molecule has 3 heteroatoms. The summed E-state index contributed by atoms with van der Waals surface area (Å²) in [7, 11) is 0. The Balaban J connectivity index is 1.28. The smallest absolute Gasteiger partial charge is 0.160 e. The Morgan fingerprint density at radius 3 is 1.96 bits per heavy atom. The molecule has 0 unspecified atom stereocenters. The lowest BCUT2D eigenvalue weighted by Crippen LogP contribution is -1.96. The van der Waals surface area contributed by atoms with Crippen molar-refractivity contribution in [3.63, 3.8) is 0 Å². The van der Waals surface area contributed by atoms with Crippen LogP contribution >= 0.6 is 0 Å². The van der Waals surface area contributed by atoms with Crippen LogP contribution in [0.4, 0.5) is 0 Å². The third-order valence-electron chi connectivity index (χ3n) is 8.70. The van der Waals surface area contributed by atoms with Gasteiger partial charge >= 0.3 is 0 Å². The van der Waals surface area contributed by atoms with E-state index in [-0.39, 0.29) is 0 Å². The molecule has 210 valence electrons. The van der Waals surface area contributed by atoms with Gasteiger partial charge in [-0.25, -0.2) is 9.97 Å². The normalized spacial score (nSPS) is 11.6. The fourth-order valence-corrected chi connectivity index (χ4v) is 6.56. The van der Waals surface area contributed by atoms with Gasteiger partial charge in [0.15, 0.2) is 5.82 Å². The number of fused-ring (bicyclic) bond motifs is 6. The molecule has 0 bridgehead atoms. The van der Waals surface area contributed by atoms with Crippen LogP contribution < -0.4 is 0 Å². The van der Waals surface area contributed by atoms with E-state index in [0.29, 0.717) is 5.82 Å². The molecule has 0 saturated carbocycles. The zero-order valence-electron chi connectivity index (χ0n) is 24.3. The SMILES string of the molecule is c1ccc(-c2cc(-c3cccc4oc5ccc(-c6cccc7c6ccc6ccccc67)cc5c34)nc(-c3ccccc3)n2)cc1. The summed E-state index contributed by atoms with van der Waals surface area (Å²) in [4.78, 5) is 10.1. The molecule has 2 heterocycles. The monoisotopic (exact) mass is 574 g/mol. The van der Waals surface area contributed by atoms with Gasteiger partial charge in [-0.1, -0.05) is 133 Å². The van der Waals surface area contributed by atoms with Crippen molar-refractivity contribution >= 4 is 43.5 Å². The Morgan fingerprint density at radius 2 is 1.09 bits per heavy atom. The number of hydrogen-bond acceptors (Lipinski definition) is 3. The molecule has 0 aliphatic heterocycles. The van der Waals surface area contributed by atoms with Gasteiger partial charge in [0.1, 0.15) is 11.2 Å². The first-order chi connectivity index (χ1) is 22.3. The maximum atomic E-state index is 6.44. The highest BCUT2D eigenvalue weighted by atomic mass is 16.3. The van der Waals surface area contributed by atoms with Gasteiger partial charge in [0.2, 0.25) is 0 Å². The van der Waals surface area contributed by atoms with Crippen LogP contribution in [0.2, 0.25) is 0 Å². The molecule has 0 amide bonds. The third-order valence-corrected chi connectivity index (χ3v) is 8.70. The van der Waals surface area contributed by atoms with Gasteiger partial charge in [-0.3, -0.25) is 0 Å². The predicted octanol–water partition coefficient (Wildman–Crippen LogP) is 11.4. The molecule has 3 nitrogen and oxygen atoms in total. The first kappa shape index (κ1) is 25.4. The quantitative estimate of drug-likeness (QED) is 0.196. The molecule has 0 atom stereocenters. The van der Waals surface area contributed by atoms with Crippen LogP contribution in [0, 0.1) is 0 Å². The summed E-state index contributed by atoms with van der Waals surface area (Å²) in [5.41, 5.74) is 8.83. The Kier molecular flexibility index (Phi) is 5.82. The molecule has 0 radical (unpaired) electrons. The summed E-state index contributed by atoms with van der Waals surface area (Å²) in [6.07, 6.45) is 0. The third kappa shape index (κ3) is 4.29. The molecule has 0 spiro atoms. The zero-order chi connectivity index (χ0) is 29.7. The number of hydrogen-bond donors (Lipinski definition) is 0. The summed E-state index contributed by atoms with van der Waals surface area (Å²) in [5.74, 6) is 0.695. The summed E-state index contributed by atoms with van der Waals surface area (Å²) >= 11 is 0. The molecule has 0 aliphatic rings. The van der Waals surface area contributed by atoms with Crippen molar-refractivity contribution in [3.8, 4) is 45.0 Å². The minimum Gasteiger partial charge on any atom is -0.456 e. The molecule has 9 rings (SSSR count). The lowest BCUT2D eigenvalue weighted by molar-refractivity contribution is 0.669. The Hall–Kier alpha value is -6.06. The predicted molar refractivity (Wildman–Crippen MR) is 186 cm³/mol. The van der Waals surface area contributed by atoms with Gasteiger partial charge in [-0.2, -0.15) is 0 Å². The van der Waals surface area contributed by atoms with E-state index in [0.717, 1.165) is 55.6 Å². The van der Waals surface area contributed by atoms with E-state index in [4.69, 9.17) is 14.4 Å². The molecule has 0 N–H and O–H groups in total. The van der Waals surface area contributed by atoms with Crippen LogP contribution in [0.3, 0.4) is 0 Å². The molecule has 0 saturated heterocycles. The molecule has 0 fully saturated rings. The number of furan rings is 1. The van der Waals surface area contributed by atoms with Gasteiger partial charge in [0.05, 0.1) is 11.4 Å². The summed E-state index contributed by atoms with van der Waals surface area (Å²) < 4.78 is 6.44. The highest BCUT2D eigenvalue weighted by molar-refractivity contribution is 6.15. The van der Waals surface area contributed by atoms with E-state index < -0.39 is 0 Å². The second-order valence-electron chi connectivity index (χ2n) is 11.4. The fourth-order valence-electron chi connectivity index (χ4n) is 6.56. The number of aromatic nitrogens is 2. The Bertz CT molecular complexity index is 2470. The Labute approximate surface area is 260 Å². The van der Waals surface area contributed by atoms with E-state index in [9.17, 15) is 0 Å². The van der Waals surface area contributed by atoms with E-state index in [2.05, 4.69) is 109 Å². The largest absolute Gasteiger partial charge is 0.456 e. The standard InChI is InChI=1S/C42H26N2O/c1-3-12-28(13-4-1)37-26-38(44-42(43-37)29-14-5-2-6-15-29)35-19-10-20-40-41(35)36-25-30(22-24-39(36)45-40)32-17-9-18-33-31-16-8-7-11-27(31)21-23-34(32)33/h1-26H. The molecular weight excluding hydrogens is 548 g/mol. The van der Waals surface area contributed by atoms with E-state index >= 15 is 0 Å². The highest BCUT2D eigenvalue weighted by Crippen LogP contribution is 2.40. The van der Waals surface area contributed by atoms with E-state index in [1.165, 1.54) is 27.1 Å². The summed E-state index contributed by atoms with van der Waals surface area (Å²) in [5, 5.41) is 7.12. The van der Waals surface area contributed by atoms with Gasteiger partial charge < -0.3 is 4.42 Å². The van der Waals surface area contributed by atoms with Crippen molar-refractivity contribution in [1.82, 2.24) is 9.97 Å². The van der Waals surface area contributed by atoms with Crippen molar-refractivity contribution in [3.05, 3.63) is 158 Å². The summed E-state index contributed by atoms with van der Waals surface area (Å²) in [6.45, 7) is 0.